The highest BCUT2D eigenvalue weighted by Gasteiger charge is 2.26. The molecule has 2 aliphatic rings. The van der Waals surface area contributed by atoms with Crippen molar-refractivity contribution in [3.05, 3.63) is 23.3 Å². The average molecular weight is 320 g/mol. The summed E-state index contributed by atoms with van der Waals surface area (Å²) in [5.41, 5.74) is 4.85. The number of hydrogen-bond acceptors (Lipinski definition) is 3. The molecule has 2 amide bonds. The Kier molecular flexibility index (Phi) is 5.85. The molecule has 23 heavy (non-hydrogen) atoms. The molecule has 1 N–H and O–H groups in total. The molecule has 1 aliphatic carbocycles. The Bertz CT molecular complexity index is 514. The second-order valence-corrected chi connectivity index (χ2v) is 7.15. The number of likely N-dealkylation sites (tertiary alicyclic amines) is 1. The van der Waals surface area contributed by atoms with E-state index in [1.807, 2.05) is 6.08 Å². The molecule has 2 rings (SSSR count). The first kappa shape index (κ1) is 17.6. The van der Waals surface area contributed by atoms with Crippen LogP contribution in [0.15, 0.2) is 23.3 Å². The van der Waals surface area contributed by atoms with Crippen molar-refractivity contribution >= 4 is 12.0 Å². The SMILES string of the molecule is CC1=C(/C=C/C(=O)NOC(=O)N2CCCCC2)C(C)(C)CCC1. The first-order valence-corrected chi connectivity index (χ1v) is 8.54. The Morgan fingerprint density at radius 1 is 1.17 bits per heavy atom. The molecule has 128 valence electrons. The number of carbonyl (C=O) groups is 2. The molecular weight excluding hydrogens is 292 g/mol. The van der Waals surface area contributed by atoms with Crippen molar-refractivity contribution in [1.29, 1.82) is 0 Å². The fraction of sp³-hybridized carbons (Fsp3) is 0.667. The summed E-state index contributed by atoms with van der Waals surface area (Å²) in [4.78, 5) is 30.2. The van der Waals surface area contributed by atoms with E-state index in [1.165, 1.54) is 23.6 Å². The molecule has 1 aliphatic heterocycles. The highest BCUT2D eigenvalue weighted by atomic mass is 16.7. The summed E-state index contributed by atoms with van der Waals surface area (Å²) < 4.78 is 0. The Balaban J connectivity index is 1.85. The van der Waals surface area contributed by atoms with Gasteiger partial charge in [0, 0.05) is 19.2 Å². The quantitative estimate of drug-likeness (QED) is 0.623. The number of nitrogens with one attached hydrogen (secondary N) is 1. The summed E-state index contributed by atoms with van der Waals surface area (Å²) in [6.07, 6.45) is 9.36. The van der Waals surface area contributed by atoms with Crippen molar-refractivity contribution in [3.63, 3.8) is 0 Å². The van der Waals surface area contributed by atoms with E-state index in [-0.39, 0.29) is 5.41 Å². The van der Waals surface area contributed by atoms with Crippen LogP contribution in [0.2, 0.25) is 0 Å². The Morgan fingerprint density at radius 3 is 2.52 bits per heavy atom. The van der Waals surface area contributed by atoms with E-state index < -0.39 is 12.0 Å². The van der Waals surface area contributed by atoms with E-state index >= 15 is 0 Å². The molecule has 0 saturated carbocycles. The standard InChI is InChI=1S/C18H28N2O3/c1-14-8-7-11-18(2,3)15(14)9-10-16(21)19-23-17(22)20-12-5-4-6-13-20/h9-10H,4-8,11-13H2,1-3H3,(H,19,21)/b10-9+. The smallest absolute Gasteiger partial charge is 0.321 e. The fourth-order valence-corrected chi connectivity index (χ4v) is 3.44. The first-order chi connectivity index (χ1) is 10.9. The largest absolute Gasteiger partial charge is 0.434 e. The van der Waals surface area contributed by atoms with Gasteiger partial charge >= 0.3 is 6.09 Å². The van der Waals surface area contributed by atoms with Crippen molar-refractivity contribution in [2.24, 2.45) is 5.41 Å². The Morgan fingerprint density at radius 2 is 1.87 bits per heavy atom. The van der Waals surface area contributed by atoms with E-state index in [1.54, 1.807) is 4.90 Å². The monoisotopic (exact) mass is 320 g/mol. The predicted octanol–water partition coefficient (Wildman–Crippen LogP) is 3.72. The summed E-state index contributed by atoms with van der Waals surface area (Å²) in [5, 5.41) is 0. The minimum absolute atomic E-state index is 0.0869. The third-order valence-electron chi connectivity index (χ3n) is 4.80. The van der Waals surface area contributed by atoms with Crippen molar-refractivity contribution < 1.29 is 14.4 Å². The molecule has 0 aromatic carbocycles. The molecule has 0 unspecified atom stereocenters. The van der Waals surface area contributed by atoms with E-state index in [0.717, 1.165) is 32.1 Å². The molecule has 0 spiro atoms. The van der Waals surface area contributed by atoms with Gasteiger partial charge in [0.2, 0.25) is 0 Å². The maximum Gasteiger partial charge on any atom is 0.434 e. The molecule has 0 aromatic heterocycles. The van der Waals surface area contributed by atoms with Gasteiger partial charge in [-0.25, -0.2) is 4.79 Å². The normalized spacial score (nSPS) is 21.4. The lowest BCUT2D eigenvalue weighted by atomic mass is 9.73. The zero-order chi connectivity index (χ0) is 16.9. The molecule has 0 atom stereocenters. The van der Waals surface area contributed by atoms with Gasteiger partial charge in [-0.05, 0) is 56.4 Å². The number of amides is 2. The lowest BCUT2D eigenvalue weighted by Gasteiger charge is -2.32. The molecule has 0 bridgehead atoms. The first-order valence-electron chi connectivity index (χ1n) is 8.54. The van der Waals surface area contributed by atoms with Crippen LogP contribution in [0.4, 0.5) is 4.79 Å². The van der Waals surface area contributed by atoms with Crippen LogP contribution >= 0.6 is 0 Å². The predicted molar refractivity (Wildman–Crippen MR) is 89.5 cm³/mol. The van der Waals surface area contributed by atoms with Gasteiger partial charge in [0.25, 0.3) is 5.91 Å². The number of piperidine rings is 1. The van der Waals surface area contributed by atoms with Crippen LogP contribution in [0.1, 0.15) is 59.3 Å². The number of hydroxylamine groups is 1. The van der Waals surface area contributed by atoms with Crippen LogP contribution in [0, 0.1) is 5.41 Å². The summed E-state index contributed by atoms with van der Waals surface area (Å²) in [7, 11) is 0. The van der Waals surface area contributed by atoms with Gasteiger partial charge in [-0.15, -0.1) is 0 Å². The van der Waals surface area contributed by atoms with E-state index in [0.29, 0.717) is 13.1 Å². The maximum absolute atomic E-state index is 11.9. The number of rotatable bonds is 2. The lowest BCUT2D eigenvalue weighted by Crippen LogP contribution is -2.39. The van der Waals surface area contributed by atoms with Crippen LogP contribution < -0.4 is 5.48 Å². The van der Waals surface area contributed by atoms with Gasteiger partial charge in [-0.3, -0.25) is 4.79 Å². The zero-order valence-corrected chi connectivity index (χ0v) is 14.5. The van der Waals surface area contributed by atoms with E-state index in [2.05, 4.69) is 26.3 Å². The van der Waals surface area contributed by atoms with Crippen molar-refractivity contribution in [2.45, 2.75) is 59.3 Å². The van der Waals surface area contributed by atoms with Crippen LogP contribution in [-0.2, 0) is 9.63 Å². The molecule has 5 heteroatoms. The minimum atomic E-state index is -0.472. The van der Waals surface area contributed by atoms with Gasteiger partial charge in [-0.1, -0.05) is 25.5 Å². The van der Waals surface area contributed by atoms with Crippen LogP contribution in [0.25, 0.3) is 0 Å². The van der Waals surface area contributed by atoms with E-state index in [4.69, 9.17) is 4.84 Å². The van der Waals surface area contributed by atoms with Crippen molar-refractivity contribution in [3.8, 4) is 0 Å². The maximum atomic E-state index is 11.9. The lowest BCUT2D eigenvalue weighted by molar-refractivity contribution is -0.125. The van der Waals surface area contributed by atoms with Crippen LogP contribution in [0.3, 0.4) is 0 Å². The highest BCUT2D eigenvalue weighted by Crippen LogP contribution is 2.40. The second-order valence-electron chi connectivity index (χ2n) is 7.15. The molecule has 5 nitrogen and oxygen atoms in total. The Labute approximate surface area is 138 Å². The van der Waals surface area contributed by atoms with Crippen LogP contribution in [0.5, 0.6) is 0 Å². The third kappa shape index (κ3) is 4.85. The molecule has 1 heterocycles. The fourth-order valence-electron chi connectivity index (χ4n) is 3.44. The van der Waals surface area contributed by atoms with Crippen molar-refractivity contribution in [2.75, 3.05) is 13.1 Å². The molecular formula is C18H28N2O3. The van der Waals surface area contributed by atoms with E-state index in [9.17, 15) is 9.59 Å². The third-order valence-corrected chi connectivity index (χ3v) is 4.80. The molecule has 0 radical (unpaired) electrons. The topological polar surface area (TPSA) is 58.6 Å². The second kappa shape index (κ2) is 7.66. The number of hydrogen-bond donors (Lipinski definition) is 1. The van der Waals surface area contributed by atoms with Gasteiger partial charge in [-0.2, -0.15) is 5.48 Å². The average Bonchev–Trinajstić information content (AvgIpc) is 2.52. The van der Waals surface area contributed by atoms with Gasteiger partial charge in [0.1, 0.15) is 0 Å². The molecule has 1 fully saturated rings. The van der Waals surface area contributed by atoms with Gasteiger partial charge < -0.3 is 9.74 Å². The number of allylic oxidation sites excluding steroid dienone is 3. The molecule has 1 saturated heterocycles. The number of nitrogens with zero attached hydrogens (tertiary/aromatic N) is 1. The summed E-state index contributed by atoms with van der Waals surface area (Å²) in [6, 6.07) is 0. The summed E-state index contributed by atoms with van der Waals surface area (Å²) in [5.74, 6) is -0.406. The minimum Gasteiger partial charge on any atom is -0.321 e. The zero-order valence-electron chi connectivity index (χ0n) is 14.5. The van der Waals surface area contributed by atoms with Gasteiger partial charge in [0.05, 0.1) is 0 Å². The summed E-state index contributed by atoms with van der Waals surface area (Å²) in [6.45, 7) is 7.91. The number of carbonyl (C=O) groups excluding carboxylic acids is 2. The Hall–Kier alpha value is -1.78. The highest BCUT2D eigenvalue weighted by molar-refractivity contribution is 5.88. The van der Waals surface area contributed by atoms with Crippen molar-refractivity contribution in [1.82, 2.24) is 10.4 Å². The summed E-state index contributed by atoms with van der Waals surface area (Å²) >= 11 is 0. The van der Waals surface area contributed by atoms with Gasteiger partial charge in [0.15, 0.2) is 0 Å². The molecule has 0 aromatic rings. The van der Waals surface area contributed by atoms with Crippen LogP contribution in [-0.4, -0.2) is 30.0 Å².